The van der Waals surface area contributed by atoms with Crippen LogP contribution in [0.15, 0.2) is 53.2 Å². The third kappa shape index (κ3) is 4.08. The second-order valence-corrected chi connectivity index (χ2v) is 8.39. The average Bonchev–Trinajstić information content (AvgIpc) is 3.34. The summed E-state index contributed by atoms with van der Waals surface area (Å²) in [6.45, 7) is 3.77. The molecule has 1 fully saturated rings. The van der Waals surface area contributed by atoms with E-state index in [-0.39, 0.29) is 22.7 Å². The first-order valence-electron chi connectivity index (χ1n) is 10.4. The number of amides is 3. The Kier molecular flexibility index (Phi) is 5.83. The Morgan fingerprint density at radius 1 is 1.03 bits per heavy atom. The van der Waals surface area contributed by atoms with Gasteiger partial charge in [-0.05, 0) is 62.1 Å². The van der Waals surface area contributed by atoms with E-state index in [1.165, 1.54) is 0 Å². The van der Waals surface area contributed by atoms with Crippen molar-refractivity contribution in [1.29, 1.82) is 0 Å². The van der Waals surface area contributed by atoms with E-state index in [0.29, 0.717) is 16.9 Å². The minimum absolute atomic E-state index is 0.000855. The lowest BCUT2D eigenvalue weighted by Gasteiger charge is -2.18. The van der Waals surface area contributed by atoms with Crippen molar-refractivity contribution in [1.82, 2.24) is 5.32 Å². The van der Waals surface area contributed by atoms with Gasteiger partial charge in [-0.2, -0.15) is 0 Å². The lowest BCUT2D eigenvalue weighted by Crippen LogP contribution is -2.33. The molecule has 6 nitrogen and oxygen atoms in total. The monoisotopic (exact) mass is 437 g/mol. The highest BCUT2D eigenvalue weighted by Crippen LogP contribution is 2.33. The third-order valence-corrected chi connectivity index (χ3v) is 6.28. The number of aryl methyl sites for hydroxylation is 1. The van der Waals surface area contributed by atoms with Gasteiger partial charge in [-0.25, -0.2) is 4.90 Å². The van der Waals surface area contributed by atoms with Crippen molar-refractivity contribution in [3.05, 3.63) is 69.9 Å². The van der Waals surface area contributed by atoms with Crippen LogP contribution in [-0.4, -0.2) is 23.8 Å². The van der Waals surface area contributed by atoms with E-state index in [0.717, 1.165) is 41.7 Å². The number of rotatable bonds is 5. The minimum Gasteiger partial charge on any atom is -0.350 e. The van der Waals surface area contributed by atoms with Gasteiger partial charge in [0.15, 0.2) is 0 Å². The summed E-state index contributed by atoms with van der Waals surface area (Å²) in [5.74, 6) is -1.25. The lowest BCUT2D eigenvalue weighted by atomic mass is 10.1. The second-order valence-electron chi connectivity index (χ2n) is 8.01. The molecule has 3 amide bonds. The van der Waals surface area contributed by atoms with Crippen LogP contribution < -0.4 is 15.5 Å². The SMILES string of the molecule is Cc1cccc(N2C(=O)C(Cl)=C(Nc3cccc(C(=O)NC4CCCC4)c3)C2=O)c1C. The summed E-state index contributed by atoms with van der Waals surface area (Å²) in [6, 6.07) is 12.5. The van der Waals surface area contributed by atoms with Gasteiger partial charge < -0.3 is 10.6 Å². The van der Waals surface area contributed by atoms with Crippen molar-refractivity contribution >= 4 is 40.7 Å². The molecule has 2 aliphatic rings. The highest BCUT2D eigenvalue weighted by molar-refractivity contribution is 6.53. The van der Waals surface area contributed by atoms with E-state index in [9.17, 15) is 14.4 Å². The van der Waals surface area contributed by atoms with Gasteiger partial charge in [0.1, 0.15) is 10.7 Å². The predicted octanol–water partition coefficient (Wildman–Crippen LogP) is 4.41. The Labute approximate surface area is 186 Å². The minimum atomic E-state index is -0.571. The normalized spacial score (nSPS) is 16.9. The number of halogens is 1. The molecule has 2 N–H and O–H groups in total. The number of carbonyl (C=O) groups excluding carboxylic acids is 3. The van der Waals surface area contributed by atoms with E-state index in [1.54, 1.807) is 36.4 Å². The van der Waals surface area contributed by atoms with E-state index >= 15 is 0 Å². The first-order chi connectivity index (χ1) is 14.9. The van der Waals surface area contributed by atoms with Gasteiger partial charge in [-0.15, -0.1) is 0 Å². The van der Waals surface area contributed by atoms with Crippen LogP contribution in [0.1, 0.15) is 47.2 Å². The summed E-state index contributed by atoms with van der Waals surface area (Å²) < 4.78 is 0. The quantitative estimate of drug-likeness (QED) is 0.679. The molecule has 1 saturated carbocycles. The number of nitrogens with one attached hydrogen (secondary N) is 2. The van der Waals surface area contributed by atoms with Gasteiger partial charge in [0, 0.05) is 17.3 Å². The number of hydrogen-bond donors (Lipinski definition) is 2. The fraction of sp³-hybridized carbons (Fsp3) is 0.292. The van der Waals surface area contributed by atoms with E-state index < -0.39 is 11.8 Å². The van der Waals surface area contributed by atoms with Gasteiger partial charge in [0.2, 0.25) is 0 Å². The third-order valence-electron chi connectivity index (χ3n) is 5.93. The number of imide groups is 1. The second kappa shape index (κ2) is 8.55. The van der Waals surface area contributed by atoms with Crippen LogP contribution in [0.5, 0.6) is 0 Å². The molecule has 0 aromatic heterocycles. The van der Waals surface area contributed by atoms with Gasteiger partial charge in [0.25, 0.3) is 17.7 Å². The maximum absolute atomic E-state index is 13.1. The Morgan fingerprint density at radius 3 is 2.48 bits per heavy atom. The van der Waals surface area contributed by atoms with Crippen molar-refractivity contribution in [3.63, 3.8) is 0 Å². The fourth-order valence-electron chi connectivity index (χ4n) is 4.03. The highest BCUT2D eigenvalue weighted by Gasteiger charge is 2.39. The van der Waals surface area contributed by atoms with Gasteiger partial charge >= 0.3 is 0 Å². The molecule has 1 heterocycles. The van der Waals surface area contributed by atoms with E-state index in [4.69, 9.17) is 11.6 Å². The molecule has 4 rings (SSSR count). The average molecular weight is 438 g/mol. The summed E-state index contributed by atoms with van der Waals surface area (Å²) in [4.78, 5) is 39.5. The van der Waals surface area contributed by atoms with Crippen molar-refractivity contribution in [2.75, 3.05) is 10.2 Å². The Hall–Kier alpha value is -3.12. The Bertz CT molecular complexity index is 1100. The zero-order valence-corrected chi connectivity index (χ0v) is 18.3. The van der Waals surface area contributed by atoms with E-state index in [1.807, 2.05) is 19.9 Å². The molecule has 0 spiro atoms. The summed E-state index contributed by atoms with van der Waals surface area (Å²) in [5.41, 5.74) is 3.31. The van der Waals surface area contributed by atoms with Gasteiger partial charge in [-0.3, -0.25) is 14.4 Å². The van der Waals surface area contributed by atoms with Crippen molar-refractivity contribution in [2.45, 2.75) is 45.6 Å². The molecule has 2 aromatic rings. The molecule has 7 heteroatoms. The molecule has 160 valence electrons. The van der Waals surface area contributed by atoms with Crippen LogP contribution in [0, 0.1) is 13.8 Å². The molecule has 31 heavy (non-hydrogen) atoms. The standard InChI is InChI=1S/C24H24ClN3O3/c1-14-7-5-12-19(15(14)2)28-23(30)20(25)21(24(28)31)26-18-11-6-8-16(13-18)22(29)27-17-9-3-4-10-17/h5-8,11-13,17,26H,3-4,9-10H2,1-2H3,(H,27,29). The summed E-state index contributed by atoms with van der Waals surface area (Å²) in [5, 5.41) is 5.82. The van der Waals surface area contributed by atoms with Crippen molar-refractivity contribution < 1.29 is 14.4 Å². The van der Waals surface area contributed by atoms with Crippen LogP contribution in [0.4, 0.5) is 11.4 Å². The molecule has 1 aliphatic carbocycles. The summed E-state index contributed by atoms with van der Waals surface area (Å²) >= 11 is 6.25. The number of hydrogen-bond acceptors (Lipinski definition) is 4. The first-order valence-corrected chi connectivity index (χ1v) is 10.8. The number of carbonyl (C=O) groups is 3. The molecule has 0 atom stereocenters. The molecular formula is C24H24ClN3O3. The smallest absolute Gasteiger partial charge is 0.283 e. The molecule has 0 saturated heterocycles. The Balaban J connectivity index is 1.55. The first kappa shape index (κ1) is 21.1. The van der Waals surface area contributed by atoms with E-state index in [2.05, 4.69) is 10.6 Å². The maximum Gasteiger partial charge on any atom is 0.283 e. The van der Waals surface area contributed by atoms with Gasteiger partial charge in [0.05, 0.1) is 5.69 Å². The lowest BCUT2D eigenvalue weighted by molar-refractivity contribution is -0.120. The molecule has 0 bridgehead atoms. The molecule has 0 unspecified atom stereocenters. The number of anilines is 2. The summed E-state index contributed by atoms with van der Waals surface area (Å²) in [6.07, 6.45) is 4.26. The molecular weight excluding hydrogens is 414 g/mol. The number of benzene rings is 2. The maximum atomic E-state index is 13.1. The zero-order valence-electron chi connectivity index (χ0n) is 17.5. The highest BCUT2D eigenvalue weighted by atomic mass is 35.5. The van der Waals surface area contributed by atoms with Crippen molar-refractivity contribution in [2.24, 2.45) is 0 Å². The zero-order chi connectivity index (χ0) is 22.1. The molecule has 2 aromatic carbocycles. The molecule has 1 aliphatic heterocycles. The van der Waals surface area contributed by atoms with Crippen LogP contribution in [0.25, 0.3) is 0 Å². The van der Waals surface area contributed by atoms with Crippen LogP contribution in [-0.2, 0) is 9.59 Å². The van der Waals surface area contributed by atoms with Crippen LogP contribution >= 0.6 is 11.6 Å². The largest absolute Gasteiger partial charge is 0.350 e. The van der Waals surface area contributed by atoms with Crippen LogP contribution in [0.3, 0.4) is 0 Å². The van der Waals surface area contributed by atoms with Crippen LogP contribution in [0.2, 0.25) is 0 Å². The van der Waals surface area contributed by atoms with Gasteiger partial charge in [-0.1, -0.05) is 42.6 Å². The molecule has 0 radical (unpaired) electrons. The summed E-state index contributed by atoms with van der Waals surface area (Å²) in [7, 11) is 0. The Morgan fingerprint density at radius 2 is 1.74 bits per heavy atom. The topological polar surface area (TPSA) is 78.5 Å². The van der Waals surface area contributed by atoms with Crippen molar-refractivity contribution in [3.8, 4) is 0 Å². The fourth-order valence-corrected chi connectivity index (χ4v) is 4.24. The predicted molar refractivity (Wildman–Crippen MR) is 121 cm³/mol. The number of nitrogens with zero attached hydrogens (tertiary/aromatic N) is 1.